The number of likely N-dealkylation sites (tertiary alicyclic amines) is 1. The Morgan fingerprint density at radius 3 is 2.57 bits per heavy atom. The minimum Gasteiger partial charge on any atom is -0.504 e. The summed E-state index contributed by atoms with van der Waals surface area (Å²) in [6.07, 6.45) is 2.02. The Morgan fingerprint density at radius 1 is 1.43 bits per heavy atom. The fraction of sp³-hybridized carbons (Fsp3) is 0.231. The maximum absolute atomic E-state index is 11.9. The number of nitrogens with zero attached hydrogens (tertiary/aromatic N) is 3. The second-order valence-corrected chi connectivity index (χ2v) is 4.48. The fourth-order valence-corrected chi connectivity index (χ4v) is 1.85. The van der Waals surface area contributed by atoms with Crippen molar-refractivity contribution in [1.29, 1.82) is 5.26 Å². The van der Waals surface area contributed by atoms with Gasteiger partial charge < -0.3 is 15.1 Å². The van der Waals surface area contributed by atoms with Gasteiger partial charge in [-0.2, -0.15) is 5.26 Å². The highest BCUT2D eigenvalue weighted by Crippen LogP contribution is 2.36. The third-order valence-electron chi connectivity index (χ3n) is 3.09. The monoisotopic (exact) mass is 289 g/mol. The molecule has 0 spiro atoms. The summed E-state index contributed by atoms with van der Waals surface area (Å²) in [4.78, 5) is 23.3. The number of amides is 1. The standard InChI is InChI=1S/C13H11N3O5/c14-7-9(13(19)15-2-1-3-15)4-8-5-10(16(20)21)12(18)11(17)6-8/h4-6,17-18H,1-3H2/b9-4+. The lowest BCUT2D eigenvalue weighted by Gasteiger charge is -2.30. The molecule has 2 rings (SSSR count). The number of aromatic hydroxyl groups is 2. The number of nitro groups is 1. The molecule has 1 fully saturated rings. The lowest BCUT2D eigenvalue weighted by Crippen LogP contribution is -2.42. The molecule has 1 amide bonds. The first kappa shape index (κ1) is 14.3. The lowest BCUT2D eigenvalue weighted by atomic mass is 10.1. The SMILES string of the molecule is N#C/C(=C\c1cc(O)c(O)c([N+](=O)[O-])c1)C(=O)N1CCC1. The van der Waals surface area contributed by atoms with Crippen LogP contribution in [0.1, 0.15) is 12.0 Å². The zero-order valence-corrected chi connectivity index (χ0v) is 10.8. The Labute approximate surface area is 119 Å². The van der Waals surface area contributed by atoms with Gasteiger partial charge in [-0.15, -0.1) is 0 Å². The minimum atomic E-state index is -0.865. The first-order valence-corrected chi connectivity index (χ1v) is 6.05. The molecule has 8 heteroatoms. The van der Waals surface area contributed by atoms with Crippen molar-refractivity contribution in [3.05, 3.63) is 33.4 Å². The highest BCUT2D eigenvalue weighted by Gasteiger charge is 2.24. The van der Waals surface area contributed by atoms with E-state index < -0.39 is 28.0 Å². The second kappa shape index (κ2) is 5.50. The first-order valence-electron chi connectivity index (χ1n) is 6.05. The molecule has 8 nitrogen and oxygen atoms in total. The third kappa shape index (κ3) is 2.76. The third-order valence-corrected chi connectivity index (χ3v) is 3.09. The number of nitro benzene ring substituents is 1. The summed E-state index contributed by atoms with van der Waals surface area (Å²) in [5.41, 5.74) is -0.800. The van der Waals surface area contributed by atoms with Gasteiger partial charge in [-0.1, -0.05) is 0 Å². The summed E-state index contributed by atoms with van der Waals surface area (Å²) in [6.45, 7) is 1.14. The highest BCUT2D eigenvalue weighted by molar-refractivity contribution is 6.02. The number of hydrogen-bond donors (Lipinski definition) is 2. The summed E-state index contributed by atoms with van der Waals surface area (Å²) < 4.78 is 0. The van der Waals surface area contributed by atoms with Gasteiger partial charge in [0, 0.05) is 19.2 Å². The van der Waals surface area contributed by atoms with Crippen LogP contribution in [0.4, 0.5) is 5.69 Å². The topological polar surface area (TPSA) is 128 Å². The molecule has 1 heterocycles. The van der Waals surface area contributed by atoms with Crippen LogP contribution in [0.3, 0.4) is 0 Å². The average molecular weight is 289 g/mol. The van der Waals surface area contributed by atoms with E-state index in [9.17, 15) is 25.1 Å². The molecule has 21 heavy (non-hydrogen) atoms. The number of benzene rings is 1. The molecule has 0 unspecified atom stereocenters. The molecule has 1 aromatic carbocycles. The predicted octanol–water partition coefficient (Wildman–Crippen LogP) is 1.15. The van der Waals surface area contributed by atoms with Crippen molar-refractivity contribution >= 4 is 17.7 Å². The van der Waals surface area contributed by atoms with Crippen LogP contribution >= 0.6 is 0 Å². The Bertz CT molecular complexity index is 686. The summed E-state index contributed by atoms with van der Waals surface area (Å²) >= 11 is 0. The fourth-order valence-electron chi connectivity index (χ4n) is 1.85. The molecule has 1 aliphatic heterocycles. The molecule has 1 saturated heterocycles. The van der Waals surface area contributed by atoms with Gasteiger partial charge in [0.1, 0.15) is 11.6 Å². The quantitative estimate of drug-likeness (QED) is 0.282. The molecule has 1 aromatic rings. The van der Waals surface area contributed by atoms with Crippen molar-refractivity contribution in [2.45, 2.75) is 6.42 Å². The van der Waals surface area contributed by atoms with Gasteiger partial charge in [0.05, 0.1) is 4.92 Å². The van der Waals surface area contributed by atoms with Gasteiger partial charge in [-0.3, -0.25) is 14.9 Å². The molecule has 0 aliphatic carbocycles. The van der Waals surface area contributed by atoms with Crippen molar-refractivity contribution in [3.63, 3.8) is 0 Å². The molecule has 0 atom stereocenters. The lowest BCUT2D eigenvalue weighted by molar-refractivity contribution is -0.386. The van der Waals surface area contributed by atoms with E-state index in [-0.39, 0.29) is 11.1 Å². The van der Waals surface area contributed by atoms with Crippen molar-refractivity contribution in [3.8, 4) is 17.6 Å². The zero-order chi connectivity index (χ0) is 15.6. The number of hydrogen-bond acceptors (Lipinski definition) is 6. The number of rotatable bonds is 3. The van der Waals surface area contributed by atoms with Crippen molar-refractivity contribution in [2.75, 3.05) is 13.1 Å². The Hall–Kier alpha value is -3.08. The molecule has 1 aliphatic rings. The van der Waals surface area contributed by atoms with Gasteiger partial charge >= 0.3 is 5.69 Å². The summed E-state index contributed by atoms with van der Waals surface area (Å²) in [6, 6.07) is 3.76. The molecule has 0 saturated carbocycles. The second-order valence-electron chi connectivity index (χ2n) is 4.48. The number of phenolic OH excluding ortho intramolecular Hbond substituents is 2. The summed E-state index contributed by atoms with van der Waals surface area (Å²) in [5.74, 6) is -2.01. The number of carbonyl (C=O) groups excluding carboxylic acids is 1. The van der Waals surface area contributed by atoms with Crippen LogP contribution in [0.5, 0.6) is 11.5 Å². The maximum atomic E-state index is 11.9. The Kier molecular flexibility index (Phi) is 3.75. The maximum Gasteiger partial charge on any atom is 0.315 e. The van der Waals surface area contributed by atoms with Gasteiger partial charge in [0.2, 0.25) is 5.75 Å². The van der Waals surface area contributed by atoms with Gasteiger partial charge in [0.15, 0.2) is 5.75 Å². The number of nitriles is 1. The van der Waals surface area contributed by atoms with Crippen LogP contribution < -0.4 is 0 Å². The van der Waals surface area contributed by atoms with Crippen LogP contribution in [0.15, 0.2) is 17.7 Å². The zero-order valence-electron chi connectivity index (χ0n) is 10.8. The largest absolute Gasteiger partial charge is 0.504 e. The molecule has 2 N–H and O–H groups in total. The Morgan fingerprint density at radius 2 is 2.10 bits per heavy atom. The van der Waals surface area contributed by atoms with Gasteiger partial charge in [-0.25, -0.2) is 0 Å². The van der Waals surface area contributed by atoms with Crippen molar-refractivity contribution in [2.24, 2.45) is 0 Å². The molecule has 0 aromatic heterocycles. The van der Waals surface area contributed by atoms with Gasteiger partial charge in [0.25, 0.3) is 5.91 Å². The molecular weight excluding hydrogens is 278 g/mol. The van der Waals surface area contributed by atoms with Crippen LogP contribution in [0.2, 0.25) is 0 Å². The van der Waals surface area contributed by atoms with E-state index in [4.69, 9.17) is 5.26 Å². The first-order chi connectivity index (χ1) is 9.93. The van der Waals surface area contributed by atoms with E-state index in [2.05, 4.69) is 0 Å². The molecule has 108 valence electrons. The van der Waals surface area contributed by atoms with Gasteiger partial charge in [-0.05, 0) is 24.1 Å². The molecule has 0 bridgehead atoms. The van der Waals surface area contributed by atoms with E-state index in [0.717, 1.165) is 24.6 Å². The number of carbonyl (C=O) groups is 1. The number of phenols is 2. The van der Waals surface area contributed by atoms with Crippen molar-refractivity contribution < 1.29 is 19.9 Å². The summed E-state index contributed by atoms with van der Waals surface area (Å²) in [7, 11) is 0. The minimum absolute atomic E-state index is 0.0856. The van der Waals surface area contributed by atoms with Crippen LogP contribution in [0.25, 0.3) is 6.08 Å². The van der Waals surface area contributed by atoms with Crippen LogP contribution in [0, 0.1) is 21.4 Å². The van der Waals surface area contributed by atoms with Crippen molar-refractivity contribution in [1.82, 2.24) is 4.90 Å². The van der Waals surface area contributed by atoms with E-state index >= 15 is 0 Å². The normalized spacial score (nSPS) is 14.2. The smallest absolute Gasteiger partial charge is 0.315 e. The van der Waals surface area contributed by atoms with Crippen LogP contribution in [-0.2, 0) is 4.79 Å². The van der Waals surface area contributed by atoms with Crippen LogP contribution in [-0.4, -0.2) is 39.0 Å². The highest BCUT2D eigenvalue weighted by atomic mass is 16.6. The molecule has 0 radical (unpaired) electrons. The van der Waals surface area contributed by atoms with E-state index in [1.54, 1.807) is 6.07 Å². The van der Waals surface area contributed by atoms with E-state index in [1.807, 2.05) is 0 Å². The Balaban J connectivity index is 2.41. The van der Waals surface area contributed by atoms with E-state index in [0.29, 0.717) is 13.1 Å². The van der Waals surface area contributed by atoms with E-state index in [1.165, 1.54) is 4.90 Å². The average Bonchev–Trinajstić information content (AvgIpc) is 2.37. The molecular formula is C13H11N3O5. The predicted molar refractivity (Wildman–Crippen MR) is 71.2 cm³/mol. The summed E-state index contributed by atoms with van der Waals surface area (Å²) in [5, 5.41) is 38.6.